The summed E-state index contributed by atoms with van der Waals surface area (Å²) in [7, 11) is 0. The standard InChI is InChI=1S/C15H18N4O6/c1-9(16)13(20)18(14(21)12-3-2-8-17-12)25-15(22)10-4-6-11(7-5-10)19(23)24/h4-7,9,12,17H,2-3,8,16H2,1H3/t9-,12+/m0/s1. The summed E-state index contributed by atoms with van der Waals surface area (Å²) in [6, 6.07) is 2.91. The van der Waals surface area contributed by atoms with Gasteiger partial charge in [-0.15, -0.1) is 0 Å². The van der Waals surface area contributed by atoms with Crippen LogP contribution in [0.1, 0.15) is 30.1 Å². The first kappa shape index (κ1) is 18.5. The Balaban J connectivity index is 2.17. The Morgan fingerprint density at radius 3 is 2.48 bits per heavy atom. The van der Waals surface area contributed by atoms with Crippen molar-refractivity contribution in [1.82, 2.24) is 10.4 Å². The van der Waals surface area contributed by atoms with Crippen molar-refractivity contribution in [1.29, 1.82) is 0 Å². The molecule has 2 atom stereocenters. The van der Waals surface area contributed by atoms with E-state index in [2.05, 4.69) is 5.32 Å². The number of nitrogens with two attached hydrogens (primary N) is 1. The molecule has 2 rings (SSSR count). The van der Waals surface area contributed by atoms with E-state index in [4.69, 9.17) is 10.6 Å². The molecular weight excluding hydrogens is 332 g/mol. The van der Waals surface area contributed by atoms with Crippen molar-refractivity contribution in [3.63, 3.8) is 0 Å². The number of benzene rings is 1. The molecule has 1 fully saturated rings. The van der Waals surface area contributed by atoms with Gasteiger partial charge in [0, 0.05) is 12.1 Å². The van der Waals surface area contributed by atoms with E-state index in [0.717, 1.165) is 18.6 Å². The van der Waals surface area contributed by atoms with Crippen molar-refractivity contribution in [3.05, 3.63) is 39.9 Å². The SMILES string of the molecule is C[C@H](N)C(=O)N(OC(=O)c1ccc([N+](=O)[O-])cc1)C(=O)[C@H]1CCCN1. The zero-order valence-electron chi connectivity index (χ0n) is 13.5. The third-order valence-electron chi connectivity index (χ3n) is 3.64. The van der Waals surface area contributed by atoms with Crippen LogP contribution in [0.25, 0.3) is 0 Å². The number of nitrogens with one attached hydrogen (secondary N) is 1. The second-order valence-electron chi connectivity index (χ2n) is 5.59. The highest BCUT2D eigenvalue weighted by Gasteiger charge is 2.35. The molecule has 134 valence electrons. The topological polar surface area (TPSA) is 145 Å². The Kier molecular flexibility index (Phi) is 5.78. The fraction of sp³-hybridized carbons (Fsp3) is 0.400. The number of hydrogen-bond donors (Lipinski definition) is 2. The molecule has 3 N–H and O–H groups in total. The van der Waals surface area contributed by atoms with Crippen LogP contribution >= 0.6 is 0 Å². The molecule has 10 nitrogen and oxygen atoms in total. The van der Waals surface area contributed by atoms with E-state index in [0.29, 0.717) is 18.0 Å². The number of imide groups is 1. The predicted molar refractivity (Wildman–Crippen MR) is 85.0 cm³/mol. The van der Waals surface area contributed by atoms with Crippen molar-refractivity contribution in [2.45, 2.75) is 31.8 Å². The first-order valence-corrected chi connectivity index (χ1v) is 7.64. The lowest BCUT2D eigenvalue weighted by atomic mass is 10.2. The fourth-order valence-electron chi connectivity index (χ4n) is 2.28. The van der Waals surface area contributed by atoms with Gasteiger partial charge in [-0.25, -0.2) is 4.79 Å². The van der Waals surface area contributed by atoms with E-state index in [1.165, 1.54) is 19.1 Å². The van der Waals surface area contributed by atoms with Gasteiger partial charge in [0.2, 0.25) is 0 Å². The number of nitro benzene ring substituents is 1. The van der Waals surface area contributed by atoms with Crippen molar-refractivity contribution < 1.29 is 24.1 Å². The lowest BCUT2D eigenvalue weighted by Gasteiger charge is -2.23. The summed E-state index contributed by atoms with van der Waals surface area (Å²) in [6.45, 7) is 1.98. The van der Waals surface area contributed by atoms with Crippen LogP contribution in [0.5, 0.6) is 0 Å². The van der Waals surface area contributed by atoms with Crippen LogP contribution < -0.4 is 11.1 Å². The van der Waals surface area contributed by atoms with Crippen LogP contribution in [0.3, 0.4) is 0 Å². The maximum atomic E-state index is 12.4. The number of carbonyl (C=O) groups is 3. The number of nitro groups is 1. The molecule has 0 radical (unpaired) electrons. The fourth-order valence-corrected chi connectivity index (χ4v) is 2.28. The molecule has 10 heteroatoms. The zero-order valence-corrected chi connectivity index (χ0v) is 13.5. The van der Waals surface area contributed by atoms with Gasteiger partial charge in [0.25, 0.3) is 17.5 Å². The van der Waals surface area contributed by atoms with Gasteiger partial charge in [-0.05, 0) is 38.4 Å². The molecule has 0 aromatic heterocycles. The minimum Gasteiger partial charge on any atom is -0.325 e. The van der Waals surface area contributed by atoms with E-state index < -0.39 is 34.8 Å². The van der Waals surface area contributed by atoms with Crippen LogP contribution in [0.15, 0.2) is 24.3 Å². The second-order valence-corrected chi connectivity index (χ2v) is 5.59. The van der Waals surface area contributed by atoms with Crippen LogP contribution in [-0.2, 0) is 14.4 Å². The minimum atomic E-state index is -1.05. The van der Waals surface area contributed by atoms with Gasteiger partial charge < -0.3 is 15.9 Å². The van der Waals surface area contributed by atoms with E-state index in [9.17, 15) is 24.5 Å². The van der Waals surface area contributed by atoms with Gasteiger partial charge >= 0.3 is 5.97 Å². The van der Waals surface area contributed by atoms with Gasteiger partial charge in [0.15, 0.2) is 0 Å². The third-order valence-corrected chi connectivity index (χ3v) is 3.64. The summed E-state index contributed by atoms with van der Waals surface area (Å²) in [6.07, 6.45) is 1.27. The Bertz CT molecular complexity index is 682. The smallest absolute Gasteiger partial charge is 0.325 e. The largest absolute Gasteiger partial charge is 0.363 e. The molecule has 1 saturated heterocycles. The molecule has 1 heterocycles. The van der Waals surface area contributed by atoms with Crippen molar-refractivity contribution in [3.8, 4) is 0 Å². The average Bonchev–Trinajstić information content (AvgIpc) is 3.12. The van der Waals surface area contributed by atoms with Crippen molar-refractivity contribution in [2.75, 3.05) is 6.54 Å². The highest BCUT2D eigenvalue weighted by Crippen LogP contribution is 2.15. The highest BCUT2D eigenvalue weighted by atomic mass is 16.7. The van der Waals surface area contributed by atoms with Gasteiger partial charge in [-0.3, -0.25) is 19.7 Å². The van der Waals surface area contributed by atoms with Gasteiger partial charge in [-0.2, -0.15) is 0 Å². The summed E-state index contributed by atoms with van der Waals surface area (Å²) >= 11 is 0. The number of amides is 2. The average molecular weight is 350 g/mol. The van der Waals surface area contributed by atoms with Crippen molar-refractivity contribution >= 4 is 23.5 Å². The summed E-state index contributed by atoms with van der Waals surface area (Å²) in [5.74, 6) is -2.54. The molecule has 0 saturated carbocycles. The summed E-state index contributed by atoms with van der Waals surface area (Å²) in [4.78, 5) is 51.7. The normalized spacial score (nSPS) is 17.6. The second kappa shape index (κ2) is 7.81. The zero-order chi connectivity index (χ0) is 18.6. The molecule has 25 heavy (non-hydrogen) atoms. The van der Waals surface area contributed by atoms with Crippen molar-refractivity contribution in [2.24, 2.45) is 5.73 Å². The Morgan fingerprint density at radius 2 is 2.00 bits per heavy atom. The van der Waals surface area contributed by atoms with E-state index in [1.807, 2.05) is 0 Å². The first-order valence-electron chi connectivity index (χ1n) is 7.64. The summed E-state index contributed by atoms with van der Waals surface area (Å²) < 4.78 is 0. The van der Waals surface area contributed by atoms with E-state index in [-0.39, 0.29) is 11.3 Å². The quantitative estimate of drug-likeness (QED) is 0.575. The number of non-ortho nitro benzene ring substituents is 1. The maximum absolute atomic E-state index is 12.4. The Labute approximate surface area is 143 Å². The molecule has 0 bridgehead atoms. The Morgan fingerprint density at radius 1 is 1.36 bits per heavy atom. The number of hydroxylamine groups is 2. The minimum absolute atomic E-state index is 0.0414. The third kappa shape index (κ3) is 4.37. The molecule has 2 amide bonds. The van der Waals surface area contributed by atoms with Gasteiger partial charge in [0.1, 0.15) is 0 Å². The number of hydrogen-bond acceptors (Lipinski definition) is 8. The lowest BCUT2D eigenvalue weighted by Crippen LogP contribution is -2.51. The molecule has 1 aliphatic heterocycles. The van der Waals surface area contributed by atoms with Crippen LogP contribution in [0.4, 0.5) is 5.69 Å². The first-order chi connectivity index (χ1) is 11.8. The van der Waals surface area contributed by atoms with Crippen LogP contribution in [0, 0.1) is 10.1 Å². The molecule has 1 aromatic carbocycles. The lowest BCUT2D eigenvalue weighted by molar-refractivity contribution is -0.384. The molecule has 0 spiro atoms. The van der Waals surface area contributed by atoms with Gasteiger partial charge in [-0.1, -0.05) is 5.06 Å². The number of nitrogens with zero attached hydrogens (tertiary/aromatic N) is 2. The highest BCUT2D eigenvalue weighted by molar-refractivity contribution is 6.01. The van der Waals surface area contributed by atoms with E-state index >= 15 is 0 Å². The molecular formula is C15H18N4O6. The Hall–Kier alpha value is -2.85. The molecule has 1 aromatic rings. The predicted octanol–water partition coefficient (Wildman–Crippen LogP) is 0.121. The summed E-state index contributed by atoms with van der Waals surface area (Å²) in [5.41, 5.74) is 5.27. The molecule has 0 aliphatic carbocycles. The summed E-state index contributed by atoms with van der Waals surface area (Å²) in [5, 5.41) is 13.9. The van der Waals surface area contributed by atoms with Crippen LogP contribution in [0.2, 0.25) is 0 Å². The monoisotopic (exact) mass is 350 g/mol. The van der Waals surface area contributed by atoms with Crippen LogP contribution in [-0.4, -0.2) is 46.4 Å². The number of rotatable bonds is 4. The molecule has 0 unspecified atom stereocenters. The van der Waals surface area contributed by atoms with Gasteiger partial charge in [0.05, 0.1) is 22.6 Å². The van der Waals surface area contributed by atoms with E-state index in [1.54, 1.807) is 0 Å². The number of carbonyl (C=O) groups excluding carboxylic acids is 3. The molecule has 1 aliphatic rings. The maximum Gasteiger partial charge on any atom is 0.363 e.